The van der Waals surface area contributed by atoms with Gasteiger partial charge in [-0.1, -0.05) is 105 Å². The van der Waals surface area contributed by atoms with Gasteiger partial charge in [0.05, 0.1) is 30.1 Å². The van der Waals surface area contributed by atoms with E-state index in [0.717, 1.165) is 16.7 Å². The van der Waals surface area contributed by atoms with E-state index in [9.17, 15) is 29.1 Å². The predicted octanol–water partition coefficient (Wildman–Crippen LogP) is 6.09. The number of aliphatic carboxylic acids is 1. The summed E-state index contributed by atoms with van der Waals surface area (Å²) in [6.07, 6.45) is -1.34. The number of benzene rings is 3. The minimum Gasteiger partial charge on any atom is -0.481 e. The van der Waals surface area contributed by atoms with Gasteiger partial charge in [0.2, 0.25) is 11.8 Å². The molecule has 9 nitrogen and oxygen atoms in total. The van der Waals surface area contributed by atoms with Crippen LogP contribution in [0, 0.1) is 17.8 Å². The molecule has 9 heteroatoms. The molecule has 3 N–H and O–H groups in total. The number of amides is 2. The number of carbonyl (C=O) groups excluding carboxylic acids is 4. The Balaban J connectivity index is 1.97. The highest BCUT2D eigenvalue weighted by atomic mass is 16.5. The lowest BCUT2D eigenvalue weighted by Gasteiger charge is -2.37. The molecule has 0 saturated carbocycles. The van der Waals surface area contributed by atoms with Gasteiger partial charge in [0, 0.05) is 25.2 Å². The molecule has 0 aliphatic rings. The zero-order chi connectivity index (χ0) is 36.2. The molecule has 0 saturated heterocycles. The number of hydrogen-bond donors (Lipinski definition) is 3. The lowest BCUT2D eigenvalue weighted by Crippen LogP contribution is -2.49. The maximum Gasteiger partial charge on any atom is 0.309 e. The van der Waals surface area contributed by atoms with Crippen molar-refractivity contribution in [2.45, 2.75) is 84.5 Å². The number of nitrogens with one attached hydrogen (secondary N) is 2. The van der Waals surface area contributed by atoms with Gasteiger partial charge in [0.25, 0.3) is 0 Å². The van der Waals surface area contributed by atoms with Crippen LogP contribution in [0.15, 0.2) is 91.0 Å². The third kappa shape index (κ3) is 10.9. The van der Waals surface area contributed by atoms with E-state index >= 15 is 0 Å². The Morgan fingerprint density at radius 1 is 0.735 bits per heavy atom. The van der Waals surface area contributed by atoms with Crippen molar-refractivity contribution in [3.63, 3.8) is 0 Å². The molecule has 3 aromatic rings. The van der Waals surface area contributed by atoms with E-state index in [1.807, 2.05) is 97.9 Å². The molecule has 4 atom stereocenters. The minimum atomic E-state index is -1.19. The number of ether oxygens (including phenoxy) is 1. The van der Waals surface area contributed by atoms with Crippen LogP contribution < -0.4 is 10.6 Å². The summed E-state index contributed by atoms with van der Waals surface area (Å²) in [5.41, 5.74) is 0.575. The van der Waals surface area contributed by atoms with Gasteiger partial charge < -0.3 is 20.5 Å². The van der Waals surface area contributed by atoms with E-state index < -0.39 is 59.1 Å². The molecule has 0 bridgehead atoms. The van der Waals surface area contributed by atoms with Gasteiger partial charge in [-0.05, 0) is 50.8 Å². The summed E-state index contributed by atoms with van der Waals surface area (Å²) in [5.74, 6) is -5.58. The maximum atomic E-state index is 14.2. The fourth-order valence-corrected chi connectivity index (χ4v) is 5.94. The molecular weight excluding hydrogens is 620 g/mol. The summed E-state index contributed by atoms with van der Waals surface area (Å²) in [7, 11) is 0. The fourth-order valence-electron chi connectivity index (χ4n) is 5.94. The highest BCUT2D eigenvalue weighted by molar-refractivity contribution is 5.94. The van der Waals surface area contributed by atoms with Crippen molar-refractivity contribution in [3.05, 3.63) is 108 Å². The SMILES string of the molecule is CC[C@H](C)C(=O)CNC(=O)[C@@H](CC(=O)C[C@H](C(=O)O)C(C)OC(C)(C)C)CC(=O)NC(c1ccccc1)(c1ccccc1)c1ccccc1. The van der Waals surface area contributed by atoms with E-state index in [2.05, 4.69) is 10.6 Å². The third-order valence-electron chi connectivity index (χ3n) is 8.69. The molecule has 0 radical (unpaired) electrons. The second kappa shape index (κ2) is 17.7. The first-order chi connectivity index (χ1) is 23.2. The molecule has 0 heterocycles. The third-order valence-corrected chi connectivity index (χ3v) is 8.69. The van der Waals surface area contributed by atoms with Gasteiger partial charge in [-0.25, -0.2) is 0 Å². The van der Waals surface area contributed by atoms with E-state index in [4.69, 9.17) is 4.74 Å². The van der Waals surface area contributed by atoms with Crippen LogP contribution in [0.25, 0.3) is 0 Å². The Kier molecular flexibility index (Phi) is 14.0. The van der Waals surface area contributed by atoms with Crippen LogP contribution in [0.2, 0.25) is 0 Å². The molecule has 0 aliphatic heterocycles. The molecule has 0 aliphatic carbocycles. The second-order valence-electron chi connectivity index (χ2n) is 13.6. The molecular formula is C40H50N2O7. The van der Waals surface area contributed by atoms with Crippen LogP contribution in [0.5, 0.6) is 0 Å². The summed E-state index contributed by atoms with van der Waals surface area (Å²) in [5, 5.41) is 15.8. The van der Waals surface area contributed by atoms with Crippen LogP contribution in [0.1, 0.15) is 83.9 Å². The van der Waals surface area contributed by atoms with E-state index in [1.165, 1.54) is 0 Å². The summed E-state index contributed by atoms with van der Waals surface area (Å²) in [6.45, 7) is 10.4. The van der Waals surface area contributed by atoms with Gasteiger partial charge in [-0.3, -0.25) is 24.0 Å². The quantitative estimate of drug-likeness (QED) is 0.139. The highest BCUT2D eigenvalue weighted by Crippen LogP contribution is 2.37. The first-order valence-corrected chi connectivity index (χ1v) is 16.9. The first kappa shape index (κ1) is 38.8. The predicted molar refractivity (Wildman–Crippen MR) is 189 cm³/mol. The van der Waals surface area contributed by atoms with E-state index in [1.54, 1.807) is 34.6 Å². The Morgan fingerprint density at radius 2 is 1.20 bits per heavy atom. The topological polar surface area (TPSA) is 139 Å². The van der Waals surface area contributed by atoms with Crippen LogP contribution >= 0.6 is 0 Å². The number of Topliss-reactive ketones (excluding diaryl/α,β-unsaturated/α-hetero) is 2. The van der Waals surface area contributed by atoms with Crippen molar-refractivity contribution < 1.29 is 33.8 Å². The summed E-state index contributed by atoms with van der Waals surface area (Å²) >= 11 is 0. The molecule has 1 unspecified atom stereocenters. The number of hydrogen-bond acceptors (Lipinski definition) is 6. The Bertz CT molecular complexity index is 1460. The monoisotopic (exact) mass is 670 g/mol. The number of ketones is 2. The average Bonchev–Trinajstić information content (AvgIpc) is 3.07. The molecule has 3 rings (SSSR count). The van der Waals surface area contributed by atoms with Crippen molar-refractivity contribution >= 4 is 29.4 Å². The zero-order valence-corrected chi connectivity index (χ0v) is 29.4. The van der Waals surface area contributed by atoms with Crippen LogP contribution in [-0.2, 0) is 34.2 Å². The molecule has 3 aromatic carbocycles. The van der Waals surface area contributed by atoms with Crippen molar-refractivity contribution in [2.75, 3.05) is 6.54 Å². The molecule has 0 spiro atoms. The minimum absolute atomic E-state index is 0.166. The van der Waals surface area contributed by atoms with Crippen molar-refractivity contribution in [1.29, 1.82) is 0 Å². The van der Waals surface area contributed by atoms with Crippen molar-refractivity contribution in [2.24, 2.45) is 17.8 Å². The molecule has 49 heavy (non-hydrogen) atoms. The van der Waals surface area contributed by atoms with Crippen LogP contribution in [0.4, 0.5) is 0 Å². The van der Waals surface area contributed by atoms with E-state index in [0.29, 0.717) is 6.42 Å². The van der Waals surface area contributed by atoms with Gasteiger partial charge in [0.1, 0.15) is 11.3 Å². The smallest absolute Gasteiger partial charge is 0.309 e. The van der Waals surface area contributed by atoms with Crippen molar-refractivity contribution in [1.82, 2.24) is 10.6 Å². The molecule has 0 fully saturated rings. The van der Waals surface area contributed by atoms with Crippen molar-refractivity contribution in [3.8, 4) is 0 Å². The van der Waals surface area contributed by atoms with Crippen LogP contribution in [0.3, 0.4) is 0 Å². The lowest BCUT2D eigenvalue weighted by molar-refractivity contribution is -0.155. The largest absolute Gasteiger partial charge is 0.481 e. The fraction of sp³-hybridized carbons (Fsp3) is 0.425. The van der Waals surface area contributed by atoms with Crippen LogP contribution in [-0.4, -0.2) is 52.7 Å². The number of rotatable bonds is 18. The van der Waals surface area contributed by atoms with E-state index in [-0.39, 0.29) is 31.1 Å². The highest BCUT2D eigenvalue weighted by Gasteiger charge is 2.39. The number of carboxylic acids is 1. The van der Waals surface area contributed by atoms with Gasteiger partial charge >= 0.3 is 5.97 Å². The molecule has 2 amide bonds. The summed E-state index contributed by atoms with van der Waals surface area (Å²) in [6, 6.07) is 28.5. The number of carboxylic acid groups (broad SMARTS) is 1. The zero-order valence-electron chi connectivity index (χ0n) is 29.4. The molecule has 262 valence electrons. The molecule has 0 aromatic heterocycles. The second-order valence-corrected chi connectivity index (χ2v) is 13.6. The van der Waals surface area contributed by atoms with Gasteiger partial charge in [0.15, 0.2) is 5.78 Å². The number of carbonyl (C=O) groups is 5. The standard InChI is InChI=1S/C40H50N2O7/c1-7-27(2)35(44)26-41-37(46)29(23-33(43)25-34(38(47)48)28(3)49-39(4,5)6)24-36(45)42-40(30-17-11-8-12-18-30,31-19-13-9-14-20-31)32-21-15-10-16-22-32/h8-22,27-29,34H,7,23-26H2,1-6H3,(H,41,46)(H,42,45)(H,47,48)/t27-,28?,29-,34-/m0/s1. The Labute approximate surface area is 289 Å². The first-order valence-electron chi connectivity index (χ1n) is 16.9. The summed E-state index contributed by atoms with van der Waals surface area (Å²) < 4.78 is 5.84. The van der Waals surface area contributed by atoms with Gasteiger partial charge in [-0.15, -0.1) is 0 Å². The summed E-state index contributed by atoms with van der Waals surface area (Å²) in [4.78, 5) is 66.0. The normalized spacial score (nSPS) is 14.2. The Morgan fingerprint density at radius 3 is 1.61 bits per heavy atom. The maximum absolute atomic E-state index is 14.2. The lowest BCUT2D eigenvalue weighted by atomic mass is 9.76. The van der Waals surface area contributed by atoms with Gasteiger partial charge in [-0.2, -0.15) is 0 Å². The average molecular weight is 671 g/mol. The Hall–Kier alpha value is -4.63.